The van der Waals surface area contributed by atoms with Crippen molar-refractivity contribution in [3.05, 3.63) is 38.9 Å². The number of hydrogen-bond donors (Lipinski definition) is 0. The molecule has 1 fully saturated rings. The van der Waals surface area contributed by atoms with E-state index >= 15 is 0 Å². The average Bonchev–Trinajstić information content (AvgIpc) is 2.39. The third-order valence-corrected chi connectivity index (χ3v) is 2.94. The van der Waals surface area contributed by atoms with Gasteiger partial charge in [0.2, 0.25) is 0 Å². The Morgan fingerprint density at radius 1 is 1.44 bits per heavy atom. The monoisotopic (exact) mass is 270 g/mol. The maximum absolute atomic E-state index is 12.0. The molecule has 1 heterocycles. The topological polar surface area (TPSA) is 72.7 Å². The Balaban J connectivity index is 2.24. The zero-order valence-electron chi connectivity index (χ0n) is 9.47. The van der Waals surface area contributed by atoms with Crippen molar-refractivity contribution >= 4 is 23.2 Å². The minimum atomic E-state index is -0.615. The van der Waals surface area contributed by atoms with Crippen LogP contribution in [0.2, 0.25) is 5.02 Å². The second-order valence-corrected chi connectivity index (χ2v) is 4.28. The largest absolute Gasteiger partial charge is 0.288 e. The van der Waals surface area contributed by atoms with E-state index in [4.69, 9.17) is 16.4 Å². The van der Waals surface area contributed by atoms with E-state index in [2.05, 4.69) is 0 Å². The highest BCUT2D eigenvalue weighted by molar-refractivity contribution is 6.32. The van der Waals surface area contributed by atoms with Crippen LogP contribution in [-0.2, 0) is 4.84 Å². The van der Waals surface area contributed by atoms with Crippen molar-refractivity contribution in [2.24, 2.45) is 0 Å². The Morgan fingerprint density at radius 3 is 2.83 bits per heavy atom. The minimum Gasteiger partial charge on any atom is -0.271 e. The number of hydroxylamine groups is 2. The molecule has 1 saturated heterocycles. The first kappa shape index (κ1) is 12.8. The van der Waals surface area contributed by atoms with Crippen LogP contribution < -0.4 is 0 Å². The third-order valence-electron chi connectivity index (χ3n) is 2.62. The number of halogens is 1. The Kier molecular flexibility index (Phi) is 3.78. The molecule has 0 saturated carbocycles. The van der Waals surface area contributed by atoms with Gasteiger partial charge >= 0.3 is 0 Å². The van der Waals surface area contributed by atoms with Crippen LogP contribution in [-0.4, -0.2) is 29.0 Å². The van der Waals surface area contributed by atoms with E-state index in [0.29, 0.717) is 13.2 Å². The van der Waals surface area contributed by atoms with Gasteiger partial charge in [-0.3, -0.25) is 19.7 Å². The molecule has 0 spiro atoms. The molecular formula is C11H11ClN2O4. The van der Waals surface area contributed by atoms with Gasteiger partial charge in [-0.25, -0.2) is 5.06 Å². The minimum absolute atomic E-state index is 0.0103. The van der Waals surface area contributed by atoms with E-state index < -0.39 is 4.92 Å². The number of carbonyl (C=O) groups is 1. The molecule has 1 amide bonds. The Morgan fingerprint density at radius 2 is 2.22 bits per heavy atom. The number of amides is 1. The Labute approximate surface area is 108 Å². The lowest BCUT2D eigenvalue weighted by molar-refractivity contribution is -0.384. The number of nitro groups is 1. The van der Waals surface area contributed by atoms with Gasteiger partial charge in [-0.15, -0.1) is 0 Å². The van der Waals surface area contributed by atoms with Crippen LogP contribution in [0.1, 0.15) is 23.2 Å². The van der Waals surface area contributed by atoms with E-state index in [1.54, 1.807) is 0 Å². The van der Waals surface area contributed by atoms with Crippen molar-refractivity contribution in [2.75, 3.05) is 13.2 Å². The predicted octanol–water partition coefficient (Wildman–Crippen LogP) is 2.42. The summed E-state index contributed by atoms with van der Waals surface area (Å²) in [6.45, 7) is 0.983. The maximum Gasteiger partial charge on any atom is 0.288 e. The van der Waals surface area contributed by atoms with Crippen LogP contribution >= 0.6 is 11.6 Å². The molecule has 0 aromatic heterocycles. The first-order valence-corrected chi connectivity index (χ1v) is 5.86. The lowest BCUT2D eigenvalue weighted by atomic mass is 10.1. The fraction of sp³-hybridized carbons (Fsp3) is 0.364. The SMILES string of the molecule is O=C(c1ccc(Cl)c([N+](=O)[O-])c1)N1CCCCO1. The van der Waals surface area contributed by atoms with Gasteiger partial charge < -0.3 is 0 Å². The third kappa shape index (κ3) is 2.60. The fourth-order valence-electron chi connectivity index (χ4n) is 1.69. The van der Waals surface area contributed by atoms with Crippen molar-refractivity contribution in [2.45, 2.75) is 12.8 Å². The zero-order chi connectivity index (χ0) is 13.1. The van der Waals surface area contributed by atoms with Crippen molar-refractivity contribution in [1.29, 1.82) is 0 Å². The average molecular weight is 271 g/mol. The van der Waals surface area contributed by atoms with Gasteiger partial charge in [0.25, 0.3) is 11.6 Å². The molecule has 0 radical (unpaired) electrons. The summed E-state index contributed by atoms with van der Waals surface area (Å²) in [4.78, 5) is 27.3. The molecule has 96 valence electrons. The second kappa shape index (κ2) is 5.32. The Hall–Kier alpha value is -1.66. The summed E-state index contributed by atoms with van der Waals surface area (Å²) in [6.07, 6.45) is 1.77. The van der Waals surface area contributed by atoms with Gasteiger partial charge in [-0.05, 0) is 25.0 Å². The van der Waals surface area contributed by atoms with Crippen molar-refractivity contribution < 1.29 is 14.6 Å². The van der Waals surface area contributed by atoms with Crippen LogP contribution in [0.5, 0.6) is 0 Å². The normalized spacial score (nSPS) is 15.5. The van der Waals surface area contributed by atoms with Crippen molar-refractivity contribution in [1.82, 2.24) is 5.06 Å². The number of benzene rings is 1. The lowest BCUT2D eigenvalue weighted by Crippen LogP contribution is -2.35. The van der Waals surface area contributed by atoms with E-state index in [1.807, 2.05) is 0 Å². The molecule has 0 aliphatic carbocycles. The molecule has 1 aromatic carbocycles. The molecule has 2 rings (SSSR count). The summed E-state index contributed by atoms with van der Waals surface area (Å²) in [5.41, 5.74) is -0.0764. The van der Waals surface area contributed by atoms with Gasteiger partial charge in [0.1, 0.15) is 5.02 Å². The van der Waals surface area contributed by atoms with E-state index in [1.165, 1.54) is 23.3 Å². The van der Waals surface area contributed by atoms with Gasteiger partial charge in [0, 0.05) is 18.2 Å². The molecule has 0 bridgehead atoms. The number of rotatable bonds is 2. The van der Waals surface area contributed by atoms with Gasteiger partial charge in [-0.1, -0.05) is 11.6 Å². The molecular weight excluding hydrogens is 260 g/mol. The summed E-state index contributed by atoms with van der Waals surface area (Å²) in [5.74, 6) is -0.380. The molecule has 0 atom stereocenters. The standard InChI is InChI=1S/C11H11ClN2O4/c12-9-4-3-8(7-10(9)14(16)17)11(15)13-5-1-2-6-18-13/h3-4,7H,1-2,5-6H2. The molecule has 1 aliphatic heterocycles. The van der Waals surface area contributed by atoms with Crippen LogP contribution in [0.3, 0.4) is 0 Å². The molecule has 1 aliphatic rings. The highest BCUT2D eigenvalue weighted by atomic mass is 35.5. The highest BCUT2D eigenvalue weighted by Crippen LogP contribution is 2.26. The number of nitrogens with zero attached hydrogens (tertiary/aromatic N) is 2. The van der Waals surface area contributed by atoms with Gasteiger partial charge in [0.05, 0.1) is 11.5 Å². The molecule has 6 nitrogen and oxygen atoms in total. The molecule has 1 aromatic rings. The summed E-state index contributed by atoms with van der Waals surface area (Å²) < 4.78 is 0. The quantitative estimate of drug-likeness (QED) is 0.611. The van der Waals surface area contributed by atoms with E-state index in [9.17, 15) is 14.9 Å². The highest BCUT2D eigenvalue weighted by Gasteiger charge is 2.22. The van der Waals surface area contributed by atoms with Gasteiger partial charge in [-0.2, -0.15) is 0 Å². The fourth-order valence-corrected chi connectivity index (χ4v) is 1.87. The second-order valence-electron chi connectivity index (χ2n) is 3.87. The Bertz CT molecular complexity index is 486. The summed E-state index contributed by atoms with van der Waals surface area (Å²) >= 11 is 5.68. The van der Waals surface area contributed by atoms with Crippen LogP contribution in [0.25, 0.3) is 0 Å². The number of hydrogen-bond acceptors (Lipinski definition) is 4. The van der Waals surface area contributed by atoms with E-state index in [-0.39, 0.29) is 22.2 Å². The van der Waals surface area contributed by atoms with Gasteiger partial charge in [0.15, 0.2) is 0 Å². The predicted molar refractivity (Wildman–Crippen MR) is 64.3 cm³/mol. The summed E-state index contributed by atoms with van der Waals surface area (Å²) in [7, 11) is 0. The molecule has 0 N–H and O–H groups in total. The number of carbonyl (C=O) groups excluding carboxylic acids is 1. The van der Waals surface area contributed by atoms with Crippen molar-refractivity contribution in [3.63, 3.8) is 0 Å². The molecule has 18 heavy (non-hydrogen) atoms. The summed E-state index contributed by atoms with van der Waals surface area (Å²) in [5, 5.41) is 12.0. The van der Waals surface area contributed by atoms with Crippen LogP contribution in [0, 0.1) is 10.1 Å². The summed E-state index contributed by atoms with van der Waals surface area (Å²) in [6, 6.07) is 3.97. The maximum atomic E-state index is 12.0. The first-order chi connectivity index (χ1) is 8.59. The smallest absolute Gasteiger partial charge is 0.271 e. The molecule has 0 unspecified atom stereocenters. The number of nitro benzene ring substituents is 1. The zero-order valence-corrected chi connectivity index (χ0v) is 10.2. The van der Waals surface area contributed by atoms with Crippen LogP contribution in [0.15, 0.2) is 18.2 Å². The lowest BCUT2D eigenvalue weighted by Gasteiger charge is -2.25. The molecule has 7 heteroatoms. The van der Waals surface area contributed by atoms with Crippen LogP contribution in [0.4, 0.5) is 5.69 Å². The van der Waals surface area contributed by atoms with Crippen molar-refractivity contribution in [3.8, 4) is 0 Å². The first-order valence-electron chi connectivity index (χ1n) is 5.48. The van der Waals surface area contributed by atoms with E-state index in [0.717, 1.165) is 12.8 Å².